The van der Waals surface area contributed by atoms with E-state index in [4.69, 9.17) is 4.74 Å². The van der Waals surface area contributed by atoms with Crippen LogP contribution in [0.25, 0.3) is 0 Å². The topological polar surface area (TPSA) is 24.5 Å². The molecule has 0 aliphatic carbocycles. The van der Waals surface area contributed by atoms with Gasteiger partial charge in [-0.25, -0.2) is 0 Å². The molecule has 2 atom stereocenters. The van der Waals surface area contributed by atoms with E-state index < -0.39 is 0 Å². The highest BCUT2D eigenvalue weighted by molar-refractivity contribution is 5.20. The maximum atomic E-state index is 5.78. The molecule has 0 radical (unpaired) electrons. The summed E-state index contributed by atoms with van der Waals surface area (Å²) in [7, 11) is 2.07. The van der Waals surface area contributed by atoms with Crippen LogP contribution in [0.4, 0.5) is 0 Å². The van der Waals surface area contributed by atoms with Crippen molar-refractivity contribution in [2.45, 2.75) is 44.7 Å². The van der Waals surface area contributed by atoms with E-state index in [1.165, 1.54) is 25.8 Å². The number of likely N-dealkylation sites (N-methyl/N-ethyl adjacent to an activating group) is 1. The highest BCUT2D eigenvalue weighted by atomic mass is 16.5. The summed E-state index contributed by atoms with van der Waals surface area (Å²) in [5.41, 5.74) is 0. The van der Waals surface area contributed by atoms with Gasteiger partial charge in [0.15, 0.2) is 0 Å². The van der Waals surface area contributed by atoms with Gasteiger partial charge < -0.3 is 10.1 Å². The smallest absolute Gasteiger partial charge is 0.119 e. The molecule has 2 unspecified atom stereocenters. The molecule has 1 N–H and O–H groups in total. The number of para-hydroxylation sites is 1. The molecule has 0 bridgehead atoms. The van der Waals surface area contributed by atoms with E-state index in [1.54, 1.807) is 0 Å². The van der Waals surface area contributed by atoms with E-state index in [0.29, 0.717) is 12.1 Å². The molecule has 1 saturated heterocycles. The molecule has 0 amide bonds. The number of hydrogen-bond donors (Lipinski definition) is 1. The molecular weight excluding hydrogens is 248 g/mol. The summed E-state index contributed by atoms with van der Waals surface area (Å²) in [5.74, 6) is 0.978. The second kappa shape index (κ2) is 8.28. The van der Waals surface area contributed by atoms with Crippen LogP contribution in [0.1, 0.15) is 32.6 Å². The minimum Gasteiger partial charge on any atom is -0.494 e. The van der Waals surface area contributed by atoms with Gasteiger partial charge in [-0.05, 0) is 51.9 Å². The second-order valence-corrected chi connectivity index (χ2v) is 5.69. The number of hydrogen-bond acceptors (Lipinski definition) is 3. The van der Waals surface area contributed by atoms with Crippen LogP contribution in [0.2, 0.25) is 0 Å². The summed E-state index contributed by atoms with van der Waals surface area (Å²) in [4.78, 5) is 2.64. The van der Waals surface area contributed by atoms with Gasteiger partial charge in [0.2, 0.25) is 0 Å². The molecule has 3 heteroatoms. The molecule has 0 saturated carbocycles. The van der Waals surface area contributed by atoms with Gasteiger partial charge >= 0.3 is 0 Å². The number of nitrogens with zero attached hydrogens (tertiary/aromatic N) is 1. The van der Waals surface area contributed by atoms with E-state index in [-0.39, 0.29) is 0 Å². The molecule has 20 heavy (non-hydrogen) atoms. The Kier molecular flexibility index (Phi) is 6.34. The highest BCUT2D eigenvalue weighted by Crippen LogP contribution is 2.20. The SMILES string of the molecule is CNC(C)C1CCCCN1CCCOc1ccccc1. The van der Waals surface area contributed by atoms with Crippen LogP contribution in [0.5, 0.6) is 5.75 Å². The Balaban J connectivity index is 1.71. The van der Waals surface area contributed by atoms with Gasteiger partial charge in [0, 0.05) is 18.6 Å². The lowest BCUT2D eigenvalue weighted by Crippen LogP contribution is -2.50. The molecule has 1 aromatic rings. The largest absolute Gasteiger partial charge is 0.494 e. The number of benzene rings is 1. The van der Waals surface area contributed by atoms with Crippen LogP contribution < -0.4 is 10.1 Å². The Labute approximate surface area is 123 Å². The van der Waals surface area contributed by atoms with Gasteiger partial charge in [-0.15, -0.1) is 0 Å². The van der Waals surface area contributed by atoms with Crippen LogP contribution in [0.3, 0.4) is 0 Å². The van der Waals surface area contributed by atoms with Gasteiger partial charge in [0.25, 0.3) is 0 Å². The first-order valence-corrected chi connectivity index (χ1v) is 7.90. The van der Waals surface area contributed by atoms with E-state index in [9.17, 15) is 0 Å². The zero-order chi connectivity index (χ0) is 14.2. The van der Waals surface area contributed by atoms with Crippen LogP contribution >= 0.6 is 0 Å². The van der Waals surface area contributed by atoms with E-state index in [2.05, 4.69) is 24.2 Å². The summed E-state index contributed by atoms with van der Waals surface area (Å²) < 4.78 is 5.78. The van der Waals surface area contributed by atoms with Crippen LogP contribution in [-0.2, 0) is 0 Å². The molecule has 1 aliphatic heterocycles. The van der Waals surface area contributed by atoms with Crippen molar-refractivity contribution in [1.82, 2.24) is 10.2 Å². The van der Waals surface area contributed by atoms with Crippen molar-refractivity contribution in [2.24, 2.45) is 0 Å². The molecule has 1 fully saturated rings. The lowest BCUT2D eigenvalue weighted by atomic mass is 9.96. The van der Waals surface area contributed by atoms with Gasteiger partial charge in [-0.3, -0.25) is 4.90 Å². The molecule has 2 rings (SSSR count). The third kappa shape index (κ3) is 4.50. The lowest BCUT2D eigenvalue weighted by molar-refractivity contribution is 0.114. The van der Waals surface area contributed by atoms with Crippen LogP contribution in [0.15, 0.2) is 30.3 Å². The third-order valence-electron chi connectivity index (χ3n) is 4.30. The second-order valence-electron chi connectivity index (χ2n) is 5.69. The first kappa shape index (κ1) is 15.3. The van der Waals surface area contributed by atoms with Gasteiger partial charge in [0.05, 0.1) is 6.61 Å². The molecule has 1 aliphatic rings. The molecule has 1 aromatic carbocycles. The van der Waals surface area contributed by atoms with E-state index in [1.807, 2.05) is 30.3 Å². The lowest BCUT2D eigenvalue weighted by Gasteiger charge is -2.39. The number of rotatable bonds is 7. The standard InChI is InChI=1S/C17H28N2O/c1-15(18-2)17-11-6-7-12-19(17)13-8-14-20-16-9-4-3-5-10-16/h3-5,9-10,15,17-18H,6-8,11-14H2,1-2H3. The van der Waals surface area contributed by atoms with Gasteiger partial charge in [-0.1, -0.05) is 24.6 Å². The summed E-state index contributed by atoms with van der Waals surface area (Å²) >= 11 is 0. The molecule has 0 spiro atoms. The molecule has 112 valence electrons. The predicted molar refractivity (Wildman–Crippen MR) is 84.3 cm³/mol. The molecule has 3 nitrogen and oxygen atoms in total. The van der Waals surface area contributed by atoms with E-state index in [0.717, 1.165) is 25.3 Å². The number of likely N-dealkylation sites (tertiary alicyclic amines) is 1. The summed E-state index contributed by atoms with van der Waals surface area (Å²) in [5, 5.41) is 3.41. The predicted octanol–water partition coefficient (Wildman–Crippen LogP) is 2.92. The zero-order valence-electron chi connectivity index (χ0n) is 12.8. The third-order valence-corrected chi connectivity index (χ3v) is 4.30. The molecular formula is C17H28N2O. The van der Waals surface area contributed by atoms with Gasteiger partial charge in [0.1, 0.15) is 5.75 Å². The Morgan fingerprint density at radius 2 is 2.10 bits per heavy atom. The van der Waals surface area contributed by atoms with Crippen molar-refractivity contribution in [1.29, 1.82) is 0 Å². The first-order valence-electron chi connectivity index (χ1n) is 7.90. The normalized spacial score (nSPS) is 21.6. The molecule has 0 aromatic heterocycles. The van der Waals surface area contributed by atoms with Crippen molar-refractivity contribution < 1.29 is 4.74 Å². The van der Waals surface area contributed by atoms with Crippen molar-refractivity contribution in [3.05, 3.63) is 30.3 Å². The number of nitrogens with one attached hydrogen (secondary N) is 1. The minimum absolute atomic E-state index is 0.574. The number of piperidine rings is 1. The Hall–Kier alpha value is -1.06. The average Bonchev–Trinajstić information content (AvgIpc) is 2.52. The minimum atomic E-state index is 0.574. The Morgan fingerprint density at radius 3 is 2.85 bits per heavy atom. The maximum absolute atomic E-state index is 5.78. The maximum Gasteiger partial charge on any atom is 0.119 e. The Morgan fingerprint density at radius 1 is 1.30 bits per heavy atom. The summed E-state index contributed by atoms with van der Waals surface area (Å²) in [6, 6.07) is 11.4. The fourth-order valence-electron chi connectivity index (χ4n) is 3.03. The summed E-state index contributed by atoms with van der Waals surface area (Å²) in [6.07, 6.45) is 5.13. The van der Waals surface area contributed by atoms with Crippen LogP contribution in [-0.4, -0.2) is 43.7 Å². The van der Waals surface area contributed by atoms with Crippen molar-refractivity contribution in [2.75, 3.05) is 26.7 Å². The monoisotopic (exact) mass is 276 g/mol. The van der Waals surface area contributed by atoms with Crippen LogP contribution in [0, 0.1) is 0 Å². The quantitative estimate of drug-likeness (QED) is 0.775. The van der Waals surface area contributed by atoms with E-state index >= 15 is 0 Å². The fraction of sp³-hybridized carbons (Fsp3) is 0.647. The van der Waals surface area contributed by atoms with Crippen molar-refractivity contribution in [3.8, 4) is 5.75 Å². The zero-order valence-corrected chi connectivity index (χ0v) is 12.8. The Bertz CT molecular complexity index is 369. The fourth-order valence-corrected chi connectivity index (χ4v) is 3.03. The van der Waals surface area contributed by atoms with Crippen molar-refractivity contribution >= 4 is 0 Å². The highest BCUT2D eigenvalue weighted by Gasteiger charge is 2.25. The average molecular weight is 276 g/mol. The van der Waals surface area contributed by atoms with Gasteiger partial charge in [-0.2, -0.15) is 0 Å². The summed E-state index contributed by atoms with van der Waals surface area (Å²) in [6.45, 7) is 5.48. The first-order chi connectivity index (χ1) is 9.81. The molecule has 1 heterocycles. The van der Waals surface area contributed by atoms with Crippen molar-refractivity contribution in [3.63, 3.8) is 0 Å². The number of ether oxygens (including phenoxy) is 1.